The summed E-state index contributed by atoms with van der Waals surface area (Å²) in [6.45, 7) is 12.2. The van der Waals surface area contributed by atoms with Crippen molar-refractivity contribution in [3.8, 4) is 17.0 Å². The Bertz CT molecular complexity index is 1330. The summed E-state index contributed by atoms with van der Waals surface area (Å²) in [4.78, 5) is 16.8. The molecule has 4 aromatic heterocycles. The first-order valence-electron chi connectivity index (χ1n) is 12.0. The molecule has 4 aromatic rings. The number of aromatic nitrogens is 5. The summed E-state index contributed by atoms with van der Waals surface area (Å²) >= 11 is 0. The smallest absolute Gasteiger partial charge is 0.197 e. The van der Waals surface area contributed by atoms with Gasteiger partial charge in [0.2, 0.25) is 0 Å². The highest BCUT2D eigenvalue weighted by Crippen LogP contribution is 2.40. The zero-order chi connectivity index (χ0) is 24.0. The van der Waals surface area contributed by atoms with Crippen molar-refractivity contribution in [1.82, 2.24) is 29.5 Å². The highest BCUT2D eigenvalue weighted by Gasteiger charge is 2.29. The molecule has 0 aliphatic carbocycles. The van der Waals surface area contributed by atoms with Crippen LogP contribution in [0.4, 0.5) is 10.2 Å². The lowest BCUT2D eigenvalue weighted by Crippen LogP contribution is -2.52. The van der Waals surface area contributed by atoms with Gasteiger partial charge in [-0.2, -0.15) is 5.10 Å². The van der Waals surface area contributed by atoms with Crippen molar-refractivity contribution in [3.63, 3.8) is 0 Å². The van der Waals surface area contributed by atoms with Crippen LogP contribution in [-0.2, 0) is 0 Å². The van der Waals surface area contributed by atoms with E-state index in [0.717, 1.165) is 49.4 Å². The van der Waals surface area contributed by atoms with Crippen molar-refractivity contribution in [3.05, 3.63) is 36.2 Å². The van der Waals surface area contributed by atoms with E-state index >= 15 is 4.39 Å². The van der Waals surface area contributed by atoms with Gasteiger partial charge in [0, 0.05) is 42.8 Å². The van der Waals surface area contributed by atoms with Gasteiger partial charge < -0.3 is 14.6 Å². The maximum atomic E-state index is 16.2. The molecule has 0 saturated carbocycles. The molecule has 0 spiro atoms. The van der Waals surface area contributed by atoms with E-state index < -0.39 is 0 Å². The topological polar surface area (TPSA) is 74.6 Å². The molecule has 0 bridgehead atoms. The number of nitrogens with one attached hydrogen (secondary N) is 1. The highest BCUT2D eigenvalue weighted by atomic mass is 19.1. The van der Waals surface area contributed by atoms with Crippen molar-refractivity contribution < 1.29 is 9.13 Å². The SMILES string of the molecule is CCCN1CCN(c2ncc3[nH]c(-c4cc(OC)c5ncnn5c4)c(C(C)C)c3c2F)C(C)C1. The van der Waals surface area contributed by atoms with Gasteiger partial charge in [0.15, 0.2) is 23.0 Å². The van der Waals surface area contributed by atoms with Crippen LogP contribution in [0.5, 0.6) is 5.75 Å². The molecule has 9 heteroatoms. The molecule has 0 aromatic carbocycles. The maximum absolute atomic E-state index is 16.2. The Morgan fingerprint density at radius 2 is 2.09 bits per heavy atom. The molecule has 1 unspecified atom stereocenters. The van der Waals surface area contributed by atoms with Gasteiger partial charge >= 0.3 is 0 Å². The minimum atomic E-state index is -0.256. The summed E-state index contributed by atoms with van der Waals surface area (Å²) in [6, 6.07) is 2.11. The number of hydrogen-bond donors (Lipinski definition) is 1. The predicted octanol–water partition coefficient (Wildman–Crippen LogP) is 4.46. The Morgan fingerprint density at radius 3 is 2.79 bits per heavy atom. The van der Waals surface area contributed by atoms with E-state index in [4.69, 9.17) is 4.74 Å². The summed E-state index contributed by atoms with van der Waals surface area (Å²) in [5.41, 5.74) is 3.96. The number of ether oxygens (including phenoxy) is 1. The van der Waals surface area contributed by atoms with E-state index in [9.17, 15) is 0 Å². The van der Waals surface area contributed by atoms with E-state index in [0.29, 0.717) is 28.1 Å². The summed E-state index contributed by atoms with van der Waals surface area (Å²) in [6.07, 6.45) is 6.27. The molecule has 8 nitrogen and oxygen atoms in total. The number of anilines is 1. The van der Waals surface area contributed by atoms with Gasteiger partial charge in [-0.1, -0.05) is 20.8 Å². The fourth-order valence-corrected chi connectivity index (χ4v) is 5.22. The summed E-state index contributed by atoms with van der Waals surface area (Å²) in [5.74, 6) is 0.882. The van der Waals surface area contributed by atoms with Crippen LogP contribution in [0, 0.1) is 5.82 Å². The Morgan fingerprint density at radius 1 is 1.26 bits per heavy atom. The number of pyridine rings is 2. The second kappa shape index (κ2) is 8.87. The Hall–Kier alpha value is -3.20. The third kappa shape index (κ3) is 3.68. The molecule has 1 atom stereocenters. The van der Waals surface area contributed by atoms with E-state index in [-0.39, 0.29) is 17.8 Å². The minimum absolute atomic E-state index is 0.0877. The minimum Gasteiger partial charge on any atom is -0.493 e. The number of nitrogens with zero attached hydrogens (tertiary/aromatic N) is 6. The first-order valence-corrected chi connectivity index (χ1v) is 12.0. The van der Waals surface area contributed by atoms with E-state index in [1.54, 1.807) is 17.8 Å². The van der Waals surface area contributed by atoms with Crippen LogP contribution in [0.25, 0.3) is 27.8 Å². The van der Waals surface area contributed by atoms with Crippen LogP contribution in [-0.4, -0.2) is 68.8 Å². The molecular weight excluding hydrogens is 433 g/mol. The standard InChI is InChI=1S/C25H32FN7O/c1-6-7-31-8-9-32(16(4)12-31)25-22(26)21-18(11-27-25)30-23(20(21)15(2)3)17-10-19(34-5)24-28-14-29-33(24)13-17/h10-11,13-16,30H,6-9,12H2,1-5H3. The van der Waals surface area contributed by atoms with Crippen LogP contribution >= 0.6 is 0 Å². The predicted molar refractivity (Wildman–Crippen MR) is 132 cm³/mol. The molecule has 0 radical (unpaired) electrons. The third-order valence-corrected chi connectivity index (χ3v) is 6.75. The zero-order valence-electron chi connectivity index (χ0n) is 20.5. The summed E-state index contributed by atoms with van der Waals surface area (Å²) in [5, 5.41) is 4.88. The number of rotatable bonds is 6. The van der Waals surface area contributed by atoms with Crippen molar-refractivity contribution in [2.24, 2.45) is 0 Å². The lowest BCUT2D eigenvalue weighted by molar-refractivity contribution is 0.228. The molecule has 0 amide bonds. The number of methoxy groups -OCH3 is 1. The number of aromatic amines is 1. The van der Waals surface area contributed by atoms with Crippen LogP contribution in [0.3, 0.4) is 0 Å². The maximum Gasteiger partial charge on any atom is 0.197 e. The molecule has 34 heavy (non-hydrogen) atoms. The van der Waals surface area contributed by atoms with Gasteiger partial charge in [0.25, 0.3) is 0 Å². The summed E-state index contributed by atoms with van der Waals surface area (Å²) < 4.78 is 23.4. The lowest BCUT2D eigenvalue weighted by atomic mass is 9.96. The fourth-order valence-electron chi connectivity index (χ4n) is 5.22. The van der Waals surface area contributed by atoms with Crippen LogP contribution in [0.15, 0.2) is 24.8 Å². The second-order valence-electron chi connectivity index (χ2n) is 9.42. The van der Waals surface area contributed by atoms with Gasteiger partial charge in [0.05, 0.1) is 24.5 Å². The van der Waals surface area contributed by atoms with Gasteiger partial charge in [-0.3, -0.25) is 4.90 Å². The molecule has 180 valence electrons. The third-order valence-electron chi connectivity index (χ3n) is 6.75. The van der Waals surface area contributed by atoms with E-state index in [1.165, 1.54) is 6.33 Å². The lowest BCUT2D eigenvalue weighted by Gasteiger charge is -2.40. The van der Waals surface area contributed by atoms with Gasteiger partial charge in [-0.15, -0.1) is 0 Å². The first kappa shape index (κ1) is 22.6. The van der Waals surface area contributed by atoms with Crippen LogP contribution < -0.4 is 9.64 Å². The highest BCUT2D eigenvalue weighted by molar-refractivity contribution is 5.93. The molecule has 1 N–H and O–H groups in total. The quantitative estimate of drug-likeness (QED) is 0.453. The molecular formula is C25H32FN7O. The van der Waals surface area contributed by atoms with Crippen molar-refractivity contribution in [1.29, 1.82) is 0 Å². The number of halogens is 1. The number of piperazine rings is 1. The van der Waals surface area contributed by atoms with E-state index in [1.807, 2.05) is 12.3 Å². The first-order chi connectivity index (χ1) is 16.4. The molecule has 1 fully saturated rings. The van der Waals surface area contributed by atoms with Crippen LogP contribution in [0.1, 0.15) is 45.6 Å². The van der Waals surface area contributed by atoms with Crippen molar-refractivity contribution in [2.45, 2.75) is 46.1 Å². The number of hydrogen-bond acceptors (Lipinski definition) is 6. The average Bonchev–Trinajstić information content (AvgIpc) is 3.44. The van der Waals surface area contributed by atoms with Crippen molar-refractivity contribution >= 4 is 22.4 Å². The van der Waals surface area contributed by atoms with Crippen LogP contribution in [0.2, 0.25) is 0 Å². The molecule has 5 heterocycles. The van der Waals surface area contributed by atoms with Gasteiger partial charge in [0.1, 0.15) is 6.33 Å². The molecule has 5 rings (SSSR count). The van der Waals surface area contributed by atoms with Gasteiger partial charge in [-0.25, -0.2) is 18.9 Å². The Labute approximate surface area is 198 Å². The van der Waals surface area contributed by atoms with E-state index in [2.05, 4.69) is 57.5 Å². The monoisotopic (exact) mass is 465 g/mol. The zero-order valence-corrected chi connectivity index (χ0v) is 20.5. The fraction of sp³-hybridized carbons (Fsp3) is 0.480. The largest absolute Gasteiger partial charge is 0.493 e. The Kier molecular flexibility index (Phi) is 5.89. The summed E-state index contributed by atoms with van der Waals surface area (Å²) in [7, 11) is 1.61. The molecule has 1 saturated heterocycles. The normalized spacial score (nSPS) is 17.4. The number of H-pyrrole nitrogens is 1. The van der Waals surface area contributed by atoms with Gasteiger partial charge in [-0.05, 0) is 37.4 Å². The molecule has 1 aliphatic heterocycles. The molecule has 1 aliphatic rings. The number of fused-ring (bicyclic) bond motifs is 2. The Balaban J connectivity index is 1.63. The second-order valence-corrected chi connectivity index (χ2v) is 9.42. The van der Waals surface area contributed by atoms with Crippen molar-refractivity contribution in [2.75, 3.05) is 38.2 Å². The average molecular weight is 466 g/mol.